The number of fused-ring (bicyclic) bond motifs is 3. The Kier molecular flexibility index (Phi) is 11.4. The zero-order chi connectivity index (χ0) is 38.8. The van der Waals surface area contributed by atoms with E-state index >= 15 is 0 Å². The maximum absolute atomic E-state index is 13.6. The standard InChI is InChI=1S/C40H56N8O6/c1-23(2)31(46-37(51)53-6)35(49)43-25(5)33-41-21-28(44-33)26-10-12-27(13-11-26)39-14-17-40(18-15-39,19-16-39)30-22-42-34(45-30)29-9-8-20-48(29)36(50)32(24(3)4)47-38(52)54-7/h10-13,21-25,29,31-32H,8-9,14-20H2,1-7H3,(H,41,44)(H,42,45)(H,43,49)(H,46,51)(H,47,52). The molecule has 4 atom stereocenters. The summed E-state index contributed by atoms with van der Waals surface area (Å²) in [7, 11) is 2.58. The van der Waals surface area contributed by atoms with Crippen LogP contribution in [-0.2, 0) is 29.9 Å². The molecule has 4 fully saturated rings. The normalized spacial score (nSPS) is 23.9. The second kappa shape index (κ2) is 15.8. The van der Waals surface area contributed by atoms with Crippen LogP contribution in [0.3, 0.4) is 0 Å². The molecule has 4 unspecified atom stereocenters. The van der Waals surface area contributed by atoms with Crippen LogP contribution in [0.4, 0.5) is 9.59 Å². The van der Waals surface area contributed by atoms with E-state index in [2.05, 4.69) is 59.9 Å². The number of methoxy groups -OCH3 is 2. The van der Waals surface area contributed by atoms with Gasteiger partial charge in [-0.2, -0.15) is 0 Å². The van der Waals surface area contributed by atoms with Gasteiger partial charge in [-0.15, -0.1) is 0 Å². The molecular weight excluding hydrogens is 688 g/mol. The fraction of sp³-hybridized carbons (Fsp3) is 0.600. The van der Waals surface area contributed by atoms with E-state index in [0.29, 0.717) is 12.4 Å². The van der Waals surface area contributed by atoms with Gasteiger partial charge in [0.05, 0.1) is 38.2 Å². The number of likely N-dealkylation sites (tertiary alicyclic amines) is 1. The number of nitrogens with one attached hydrogen (secondary N) is 5. The second-order valence-electron chi connectivity index (χ2n) is 16.1. The van der Waals surface area contributed by atoms with Crippen LogP contribution >= 0.6 is 0 Å². The Bertz CT molecular complexity index is 1790. The summed E-state index contributed by atoms with van der Waals surface area (Å²) in [6.07, 6.45) is 10.8. The van der Waals surface area contributed by atoms with Crippen LogP contribution in [0, 0.1) is 11.8 Å². The number of carbonyl (C=O) groups is 4. The summed E-state index contributed by atoms with van der Waals surface area (Å²) in [6, 6.07) is 6.88. The van der Waals surface area contributed by atoms with Gasteiger partial charge in [0.1, 0.15) is 23.7 Å². The van der Waals surface area contributed by atoms with Gasteiger partial charge < -0.3 is 40.3 Å². The maximum atomic E-state index is 13.6. The lowest BCUT2D eigenvalue weighted by molar-refractivity contribution is -0.135. The van der Waals surface area contributed by atoms with Crippen LogP contribution in [0.25, 0.3) is 11.3 Å². The van der Waals surface area contributed by atoms with E-state index in [-0.39, 0.29) is 40.5 Å². The number of aromatic nitrogens is 4. The van der Waals surface area contributed by atoms with Crippen molar-refractivity contribution in [3.63, 3.8) is 0 Å². The summed E-state index contributed by atoms with van der Waals surface area (Å²) < 4.78 is 9.47. The number of imidazole rings is 2. The summed E-state index contributed by atoms with van der Waals surface area (Å²) in [5.74, 6) is 0.845. The van der Waals surface area contributed by atoms with Gasteiger partial charge in [-0.05, 0) is 86.7 Å². The summed E-state index contributed by atoms with van der Waals surface area (Å²) in [5, 5.41) is 8.28. The van der Waals surface area contributed by atoms with Crippen LogP contribution in [0.15, 0.2) is 36.7 Å². The molecule has 1 aromatic carbocycles. The predicted molar refractivity (Wildman–Crippen MR) is 202 cm³/mol. The lowest BCUT2D eigenvalue weighted by Crippen LogP contribution is -2.51. The van der Waals surface area contributed by atoms with Crippen LogP contribution in [-0.4, -0.2) is 81.7 Å². The average Bonchev–Trinajstić information content (AvgIpc) is 3.98. The number of hydrogen-bond acceptors (Lipinski definition) is 8. The second-order valence-corrected chi connectivity index (χ2v) is 16.1. The smallest absolute Gasteiger partial charge is 0.407 e. The molecule has 5 N–H and O–H groups in total. The van der Waals surface area contributed by atoms with Gasteiger partial charge in [0.2, 0.25) is 11.8 Å². The Balaban J connectivity index is 1.08. The van der Waals surface area contributed by atoms with Gasteiger partial charge in [0, 0.05) is 23.9 Å². The van der Waals surface area contributed by atoms with Gasteiger partial charge in [-0.3, -0.25) is 9.59 Å². The molecule has 2 bridgehead atoms. The molecule has 1 aliphatic heterocycles. The van der Waals surface area contributed by atoms with E-state index in [1.165, 1.54) is 25.5 Å². The predicted octanol–water partition coefficient (Wildman–Crippen LogP) is 5.95. The van der Waals surface area contributed by atoms with Crippen molar-refractivity contribution in [2.45, 2.75) is 121 Å². The Morgan fingerprint density at radius 2 is 1.37 bits per heavy atom. The van der Waals surface area contributed by atoms with Crippen LogP contribution < -0.4 is 16.0 Å². The van der Waals surface area contributed by atoms with Crippen molar-refractivity contribution in [3.8, 4) is 11.3 Å². The Labute approximate surface area is 317 Å². The average molecular weight is 745 g/mol. The number of ether oxygens (including phenoxy) is 2. The molecule has 7 rings (SSSR count). The summed E-state index contributed by atoms with van der Waals surface area (Å²) >= 11 is 0. The van der Waals surface area contributed by atoms with E-state index in [1.807, 2.05) is 45.7 Å². The van der Waals surface area contributed by atoms with E-state index in [1.54, 1.807) is 6.20 Å². The number of amides is 4. The first-order valence-electron chi connectivity index (χ1n) is 19.3. The highest BCUT2D eigenvalue weighted by Crippen LogP contribution is 2.58. The number of rotatable bonds is 12. The SMILES string of the molecule is COC(=O)NC(C(=O)NC(C)c1ncc(-c2ccc(C34CCC(c5cnc(C6CCCN6C(=O)C(NC(=O)OC)C(C)C)[nH]5)(CC3)CC4)cc2)[nH]1)C(C)C. The minimum absolute atomic E-state index is 0.0519. The van der Waals surface area contributed by atoms with Gasteiger partial charge in [-0.25, -0.2) is 19.6 Å². The molecule has 3 aromatic rings. The fourth-order valence-corrected chi connectivity index (χ4v) is 8.79. The third kappa shape index (κ3) is 7.70. The molecule has 14 heteroatoms. The Morgan fingerprint density at radius 1 is 0.778 bits per heavy atom. The minimum atomic E-state index is -0.732. The molecule has 0 radical (unpaired) electrons. The number of hydrogen-bond donors (Lipinski definition) is 5. The van der Waals surface area contributed by atoms with Crippen molar-refractivity contribution in [2.24, 2.45) is 11.8 Å². The molecular formula is C40H56N8O6. The van der Waals surface area contributed by atoms with Gasteiger partial charge in [-0.1, -0.05) is 52.0 Å². The molecule has 3 aliphatic carbocycles. The number of benzene rings is 1. The molecule has 292 valence electrons. The lowest BCUT2D eigenvalue weighted by Gasteiger charge is -2.53. The highest BCUT2D eigenvalue weighted by atomic mass is 16.5. The molecule has 4 amide bonds. The molecule has 54 heavy (non-hydrogen) atoms. The molecule has 3 saturated carbocycles. The quantitative estimate of drug-likeness (QED) is 0.151. The first-order valence-corrected chi connectivity index (χ1v) is 19.3. The topological polar surface area (TPSA) is 183 Å². The largest absolute Gasteiger partial charge is 0.453 e. The molecule has 14 nitrogen and oxygen atoms in total. The lowest BCUT2D eigenvalue weighted by atomic mass is 9.51. The third-order valence-corrected chi connectivity index (χ3v) is 12.2. The molecule has 2 aromatic heterocycles. The zero-order valence-corrected chi connectivity index (χ0v) is 32.6. The minimum Gasteiger partial charge on any atom is -0.453 e. The zero-order valence-electron chi connectivity index (χ0n) is 32.6. The molecule has 3 heterocycles. The monoisotopic (exact) mass is 744 g/mol. The van der Waals surface area contributed by atoms with E-state index in [4.69, 9.17) is 9.72 Å². The van der Waals surface area contributed by atoms with E-state index < -0.39 is 30.3 Å². The molecule has 4 aliphatic rings. The van der Waals surface area contributed by atoms with Crippen molar-refractivity contribution in [2.75, 3.05) is 20.8 Å². The van der Waals surface area contributed by atoms with Crippen molar-refractivity contribution in [3.05, 3.63) is 59.6 Å². The number of aromatic amines is 2. The summed E-state index contributed by atoms with van der Waals surface area (Å²) in [4.78, 5) is 68.7. The van der Waals surface area contributed by atoms with Gasteiger partial charge >= 0.3 is 12.2 Å². The number of nitrogens with zero attached hydrogens (tertiary/aromatic N) is 3. The van der Waals surface area contributed by atoms with Crippen LogP contribution in [0.2, 0.25) is 0 Å². The highest BCUT2D eigenvalue weighted by Gasteiger charge is 2.51. The van der Waals surface area contributed by atoms with Crippen molar-refractivity contribution >= 4 is 24.0 Å². The summed E-state index contributed by atoms with van der Waals surface area (Å²) in [6.45, 7) is 10.1. The highest BCUT2D eigenvalue weighted by molar-refractivity contribution is 5.87. The number of carbonyl (C=O) groups excluding carboxylic acids is 4. The van der Waals surface area contributed by atoms with Gasteiger partial charge in [0.15, 0.2) is 0 Å². The Morgan fingerprint density at radius 3 is 1.96 bits per heavy atom. The molecule has 1 saturated heterocycles. The Hall–Kier alpha value is -4.88. The van der Waals surface area contributed by atoms with Crippen LogP contribution in [0.1, 0.15) is 121 Å². The van der Waals surface area contributed by atoms with Gasteiger partial charge in [0.25, 0.3) is 0 Å². The van der Waals surface area contributed by atoms with Crippen LogP contribution in [0.5, 0.6) is 0 Å². The fourth-order valence-electron chi connectivity index (χ4n) is 8.79. The first kappa shape index (κ1) is 38.8. The third-order valence-electron chi connectivity index (χ3n) is 12.2. The van der Waals surface area contributed by atoms with Crippen molar-refractivity contribution in [1.29, 1.82) is 0 Å². The number of alkyl carbamates (subject to hydrolysis) is 2. The first-order chi connectivity index (χ1) is 25.8. The van der Waals surface area contributed by atoms with E-state index in [9.17, 15) is 19.2 Å². The van der Waals surface area contributed by atoms with Crippen molar-refractivity contribution in [1.82, 2.24) is 40.8 Å². The maximum Gasteiger partial charge on any atom is 0.407 e. The van der Waals surface area contributed by atoms with E-state index in [0.717, 1.165) is 68.4 Å². The summed E-state index contributed by atoms with van der Waals surface area (Å²) in [5.41, 5.74) is 4.62. The van der Waals surface area contributed by atoms with Crippen molar-refractivity contribution < 1.29 is 28.7 Å². The molecule has 0 spiro atoms. The number of H-pyrrole nitrogens is 2.